The van der Waals surface area contributed by atoms with Crippen LogP contribution in [0.25, 0.3) is 0 Å². The molecule has 0 spiro atoms. The van der Waals surface area contributed by atoms with E-state index in [2.05, 4.69) is 10.6 Å². The lowest BCUT2D eigenvalue weighted by Crippen LogP contribution is -2.28. The van der Waals surface area contributed by atoms with Gasteiger partial charge in [0.2, 0.25) is 0 Å². The Hall–Kier alpha value is -3.87. The van der Waals surface area contributed by atoms with Gasteiger partial charge in [0.1, 0.15) is 18.0 Å². The molecule has 1 amide bonds. The molecule has 0 bridgehead atoms. The maximum atomic E-state index is 12.2. The van der Waals surface area contributed by atoms with Gasteiger partial charge in [0.25, 0.3) is 11.6 Å². The number of benzene rings is 3. The van der Waals surface area contributed by atoms with E-state index in [0.29, 0.717) is 30.9 Å². The molecule has 0 atom stereocenters. The Balaban J connectivity index is 1.44. The summed E-state index contributed by atoms with van der Waals surface area (Å²) >= 11 is 0. The molecule has 0 aliphatic carbocycles. The highest BCUT2D eigenvalue weighted by atomic mass is 16.6. The molecule has 3 aromatic carbocycles. The van der Waals surface area contributed by atoms with E-state index >= 15 is 0 Å². The minimum atomic E-state index is -0.440. The van der Waals surface area contributed by atoms with Gasteiger partial charge < -0.3 is 15.4 Å². The molecule has 0 aliphatic rings. The first-order valence-electron chi connectivity index (χ1n) is 9.16. The third-order valence-electron chi connectivity index (χ3n) is 4.19. The fourth-order valence-electron chi connectivity index (χ4n) is 2.69. The highest BCUT2D eigenvalue weighted by Gasteiger charge is 2.11. The Morgan fingerprint density at radius 1 is 0.897 bits per heavy atom. The summed E-state index contributed by atoms with van der Waals surface area (Å²) in [5, 5.41) is 16.8. The minimum absolute atomic E-state index is 0.00661. The number of nitrogens with zero attached hydrogens (tertiary/aromatic N) is 1. The van der Waals surface area contributed by atoms with Crippen molar-refractivity contribution in [2.75, 3.05) is 18.4 Å². The Labute approximate surface area is 168 Å². The predicted molar refractivity (Wildman–Crippen MR) is 111 cm³/mol. The van der Waals surface area contributed by atoms with Crippen LogP contribution >= 0.6 is 0 Å². The van der Waals surface area contributed by atoms with Crippen molar-refractivity contribution in [3.63, 3.8) is 0 Å². The van der Waals surface area contributed by atoms with Crippen LogP contribution in [0, 0.1) is 10.1 Å². The number of carbonyl (C=O) groups is 1. The van der Waals surface area contributed by atoms with Crippen molar-refractivity contribution in [1.29, 1.82) is 0 Å². The average molecular weight is 391 g/mol. The van der Waals surface area contributed by atoms with Crippen LogP contribution < -0.4 is 15.4 Å². The second-order valence-corrected chi connectivity index (χ2v) is 6.26. The lowest BCUT2D eigenvalue weighted by Gasteiger charge is -2.09. The van der Waals surface area contributed by atoms with Crippen molar-refractivity contribution in [1.82, 2.24) is 5.32 Å². The maximum absolute atomic E-state index is 12.2. The summed E-state index contributed by atoms with van der Waals surface area (Å²) in [6.45, 7) is 1.13. The van der Waals surface area contributed by atoms with E-state index in [9.17, 15) is 14.9 Å². The van der Waals surface area contributed by atoms with Crippen LogP contribution in [-0.2, 0) is 6.61 Å². The monoisotopic (exact) mass is 391 g/mol. The first kappa shape index (κ1) is 19.9. The summed E-state index contributed by atoms with van der Waals surface area (Å²) in [6.07, 6.45) is 0. The average Bonchev–Trinajstić information content (AvgIpc) is 2.76. The van der Waals surface area contributed by atoms with Crippen molar-refractivity contribution in [2.45, 2.75) is 6.61 Å². The SMILES string of the molecule is O=C(NCCNc1ccccc1[N+](=O)[O-])c1ccc(COc2ccccc2)cc1. The first-order chi connectivity index (χ1) is 14.1. The number of carbonyl (C=O) groups excluding carboxylic acids is 1. The van der Waals surface area contributed by atoms with Gasteiger partial charge >= 0.3 is 0 Å². The summed E-state index contributed by atoms with van der Waals surface area (Å²) in [7, 11) is 0. The summed E-state index contributed by atoms with van der Waals surface area (Å²) in [6, 6.07) is 23.1. The van der Waals surface area contributed by atoms with Gasteiger partial charge in [-0.25, -0.2) is 0 Å². The first-order valence-corrected chi connectivity index (χ1v) is 9.16. The predicted octanol–water partition coefficient (Wildman–Crippen LogP) is 4.02. The molecule has 0 saturated carbocycles. The van der Waals surface area contributed by atoms with Crippen LogP contribution in [-0.4, -0.2) is 23.9 Å². The minimum Gasteiger partial charge on any atom is -0.489 e. The highest BCUT2D eigenvalue weighted by molar-refractivity contribution is 5.94. The Bertz CT molecular complexity index is 959. The van der Waals surface area contributed by atoms with Crippen molar-refractivity contribution >= 4 is 17.3 Å². The molecular formula is C22H21N3O4. The second kappa shape index (κ2) is 9.89. The molecular weight excluding hydrogens is 370 g/mol. The van der Waals surface area contributed by atoms with Crippen molar-refractivity contribution in [3.8, 4) is 5.75 Å². The van der Waals surface area contributed by atoms with Gasteiger partial charge in [-0.05, 0) is 35.9 Å². The molecule has 148 valence electrons. The molecule has 0 aliphatic heterocycles. The molecule has 29 heavy (non-hydrogen) atoms. The third kappa shape index (κ3) is 5.80. The number of anilines is 1. The van der Waals surface area contributed by atoms with Crippen molar-refractivity contribution < 1.29 is 14.5 Å². The lowest BCUT2D eigenvalue weighted by molar-refractivity contribution is -0.384. The van der Waals surface area contributed by atoms with E-state index < -0.39 is 4.92 Å². The van der Waals surface area contributed by atoms with E-state index in [1.807, 2.05) is 42.5 Å². The zero-order valence-corrected chi connectivity index (χ0v) is 15.7. The van der Waals surface area contributed by atoms with Crippen molar-refractivity contribution in [3.05, 3.63) is 100 Å². The number of ether oxygens (including phenoxy) is 1. The summed E-state index contributed by atoms with van der Waals surface area (Å²) < 4.78 is 5.68. The van der Waals surface area contributed by atoms with E-state index in [4.69, 9.17) is 4.74 Å². The number of nitro benzene ring substituents is 1. The van der Waals surface area contributed by atoms with E-state index in [1.54, 1.807) is 30.3 Å². The van der Waals surface area contributed by atoms with Gasteiger partial charge in [0.05, 0.1) is 4.92 Å². The number of rotatable bonds is 9. The summed E-state index contributed by atoms with van der Waals surface area (Å²) in [5.41, 5.74) is 1.93. The molecule has 0 radical (unpaired) electrons. The topological polar surface area (TPSA) is 93.5 Å². The Kier molecular flexibility index (Phi) is 6.78. The van der Waals surface area contributed by atoms with Gasteiger partial charge in [0.15, 0.2) is 0 Å². The van der Waals surface area contributed by atoms with Crippen LogP contribution in [0.1, 0.15) is 15.9 Å². The van der Waals surface area contributed by atoms with Crippen LogP contribution in [0.5, 0.6) is 5.75 Å². The molecule has 0 aromatic heterocycles. The number of para-hydroxylation sites is 3. The molecule has 7 nitrogen and oxygen atoms in total. The lowest BCUT2D eigenvalue weighted by atomic mass is 10.1. The highest BCUT2D eigenvalue weighted by Crippen LogP contribution is 2.22. The number of nitrogens with one attached hydrogen (secondary N) is 2. The number of hydrogen-bond acceptors (Lipinski definition) is 5. The van der Waals surface area contributed by atoms with Crippen LogP contribution in [0.2, 0.25) is 0 Å². The fourth-order valence-corrected chi connectivity index (χ4v) is 2.69. The normalized spacial score (nSPS) is 10.2. The molecule has 0 heterocycles. The molecule has 7 heteroatoms. The van der Waals surface area contributed by atoms with Gasteiger partial charge in [-0.3, -0.25) is 14.9 Å². The Morgan fingerprint density at radius 2 is 1.59 bits per heavy atom. The number of nitro groups is 1. The number of hydrogen-bond donors (Lipinski definition) is 2. The largest absolute Gasteiger partial charge is 0.489 e. The molecule has 0 unspecified atom stereocenters. The molecule has 2 N–H and O–H groups in total. The van der Waals surface area contributed by atoms with Gasteiger partial charge in [-0.1, -0.05) is 42.5 Å². The van der Waals surface area contributed by atoms with E-state index in [-0.39, 0.29) is 11.6 Å². The Morgan fingerprint density at radius 3 is 2.31 bits per heavy atom. The number of amides is 1. The van der Waals surface area contributed by atoms with Gasteiger partial charge in [-0.2, -0.15) is 0 Å². The molecule has 0 saturated heterocycles. The molecule has 0 fully saturated rings. The molecule has 3 aromatic rings. The van der Waals surface area contributed by atoms with Crippen molar-refractivity contribution in [2.24, 2.45) is 0 Å². The maximum Gasteiger partial charge on any atom is 0.292 e. The van der Waals surface area contributed by atoms with Gasteiger partial charge in [0, 0.05) is 24.7 Å². The molecule has 3 rings (SSSR count). The van der Waals surface area contributed by atoms with E-state index in [0.717, 1.165) is 11.3 Å². The second-order valence-electron chi connectivity index (χ2n) is 6.26. The van der Waals surface area contributed by atoms with Crippen LogP contribution in [0.4, 0.5) is 11.4 Å². The van der Waals surface area contributed by atoms with Crippen LogP contribution in [0.15, 0.2) is 78.9 Å². The smallest absolute Gasteiger partial charge is 0.292 e. The quantitative estimate of drug-likeness (QED) is 0.326. The van der Waals surface area contributed by atoms with Crippen LogP contribution in [0.3, 0.4) is 0 Å². The zero-order valence-electron chi connectivity index (χ0n) is 15.7. The fraction of sp³-hybridized carbons (Fsp3) is 0.136. The summed E-state index contributed by atoms with van der Waals surface area (Å²) in [4.78, 5) is 22.8. The van der Waals surface area contributed by atoms with E-state index in [1.165, 1.54) is 6.07 Å². The zero-order chi connectivity index (χ0) is 20.5. The van der Waals surface area contributed by atoms with Gasteiger partial charge in [-0.15, -0.1) is 0 Å². The third-order valence-corrected chi connectivity index (χ3v) is 4.19. The summed E-state index contributed by atoms with van der Waals surface area (Å²) in [5.74, 6) is 0.588. The standard InChI is InChI=1S/C22H21N3O4/c26-22(24-15-14-23-20-8-4-5-9-21(20)25(27)28)18-12-10-17(11-13-18)16-29-19-6-2-1-3-7-19/h1-13,23H,14-16H2,(H,24,26).